The Bertz CT molecular complexity index is 3190. The molecule has 0 bridgehead atoms. The number of pyridine rings is 1. The molecule has 5 heteroatoms. The molecule has 3 heterocycles. The number of furan rings is 1. The molecule has 0 unspecified atom stereocenters. The van der Waals surface area contributed by atoms with Crippen LogP contribution in [0.3, 0.4) is 0 Å². The average Bonchev–Trinajstić information content (AvgIpc) is 3.94. The third-order valence-electron chi connectivity index (χ3n) is 11.3. The Hall–Kier alpha value is -6.39. The second-order valence-electron chi connectivity index (χ2n) is 17.7. The van der Waals surface area contributed by atoms with Gasteiger partial charge in [-0.15, -0.1) is 54.1 Å². The first-order valence-corrected chi connectivity index (χ1v) is 21.8. The average molecular weight is 1020 g/mol. The van der Waals surface area contributed by atoms with E-state index in [0.29, 0.717) is 22.6 Å². The number of rotatable bonds is 8. The molecule has 0 spiro atoms. The van der Waals surface area contributed by atoms with E-state index in [1.165, 1.54) is 16.7 Å². The standard InChI is InChI=1S/C48H44NO2.C11H8N.Ir/c1-29(2)40-25-35(33-21-19-31(20-22-33)28-48(5,6)7)26-41(30(3)4)44(40)38-16-12-18-42-46(38)51-47(49-42)39-17-11-15-37-36-24-23-34(27-43(36)50-45(37)39)32-13-9-8-10-14-32;1-2-6-10(7-3-1)11-8-4-5-9-12-11;/h8-16,18-27,29-30H,28H2,1-7H3;1-6,8-9H;/q2*-1;/i28D2;;. The number of oxazole rings is 1. The van der Waals surface area contributed by atoms with E-state index in [1.807, 2.05) is 112 Å². The molecule has 0 atom stereocenters. The molecule has 0 saturated heterocycles. The first-order chi connectivity index (χ1) is 31.3. The molecule has 0 aliphatic rings. The van der Waals surface area contributed by atoms with Gasteiger partial charge in [-0.1, -0.05) is 157 Å². The van der Waals surface area contributed by atoms with Crippen LogP contribution >= 0.6 is 0 Å². The molecule has 0 N–H and O–H groups in total. The van der Waals surface area contributed by atoms with Gasteiger partial charge < -0.3 is 13.8 Å². The molecule has 10 rings (SSSR count). The van der Waals surface area contributed by atoms with Crippen molar-refractivity contribution in [2.45, 2.75) is 66.7 Å². The summed E-state index contributed by atoms with van der Waals surface area (Å²) in [4.78, 5) is 9.24. The Morgan fingerprint density at radius 2 is 1.31 bits per heavy atom. The third kappa shape index (κ3) is 9.29. The molecule has 3 aromatic heterocycles. The fourth-order valence-electron chi connectivity index (χ4n) is 8.29. The summed E-state index contributed by atoms with van der Waals surface area (Å²) in [6, 6.07) is 59.7. The van der Waals surface area contributed by atoms with E-state index in [1.54, 1.807) is 6.20 Å². The van der Waals surface area contributed by atoms with Crippen LogP contribution in [0.1, 0.15) is 79.7 Å². The minimum atomic E-state index is -1.45. The molecular formula is C59H52IrN2O2-2. The maximum absolute atomic E-state index is 8.77. The molecule has 4 nitrogen and oxygen atoms in total. The fraction of sp³-hybridized carbons (Fsp3) is 0.186. The largest absolute Gasteiger partial charge is 0.500 e. The van der Waals surface area contributed by atoms with Gasteiger partial charge >= 0.3 is 0 Å². The first-order valence-electron chi connectivity index (χ1n) is 22.8. The van der Waals surface area contributed by atoms with Gasteiger partial charge in [-0.3, -0.25) is 4.98 Å². The van der Waals surface area contributed by atoms with Gasteiger partial charge in [0, 0.05) is 40.0 Å². The maximum Gasteiger partial charge on any atom is 0.149 e. The van der Waals surface area contributed by atoms with Crippen LogP contribution in [-0.2, 0) is 26.5 Å². The zero-order valence-electron chi connectivity index (χ0n) is 39.3. The van der Waals surface area contributed by atoms with Gasteiger partial charge in [-0.05, 0) is 97.6 Å². The second-order valence-corrected chi connectivity index (χ2v) is 17.7. The Labute approximate surface area is 393 Å². The third-order valence-corrected chi connectivity index (χ3v) is 11.3. The monoisotopic (exact) mass is 1020 g/mol. The van der Waals surface area contributed by atoms with Crippen LogP contribution in [0.25, 0.3) is 89.1 Å². The fourth-order valence-corrected chi connectivity index (χ4v) is 8.29. The van der Waals surface area contributed by atoms with E-state index >= 15 is 0 Å². The first kappa shape index (κ1) is 41.6. The van der Waals surface area contributed by atoms with Crippen LogP contribution in [0.4, 0.5) is 0 Å². The number of aromatic nitrogens is 2. The summed E-state index contributed by atoms with van der Waals surface area (Å²) in [7, 11) is 0. The van der Waals surface area contributed by atoms with Crippen molar-refractivity contribution >= 4 is 33.0 Å². The van der Waals surface area contributed by atoms with E-state index in [-0.39, 0.29) is 31.9 Å². The summed E-state index contributed by atoms with van der Waals surface area (Å²) in [6.45, 7) is 14.8. The van der Waals surface area contributed by atoms with Crippen molar-refractivity contribution in [3.8, 4) is 56.1 Å². The van der Waals surface area contributed by atoms with Gasteiger partial charge in [0.25, 0.3) is 0 Å². The molecular weight excluding hydrogens is 961 g/mol. The molecule has 0 saturated carbocycles. The molecule has 64 heavy (non-hydrogen) atoms. The van der Waals surface area contributed by atoms with Crippen molar-refractivity contribution in [2.75, 3.05) is 0 Å². The number of nitrogens with zero attached hydrogens (tertiary/aromatic N) is 2. The van der Waals surface area contributed by atoms with Crippen molar-refractivity contribution in [3.05, 3.63) is 193 Å². The van der Waals surface area contributed by atoms with Gasteiger partial charge in [-0.25, -0.2) is 0 Å². The predicted octanol–water partition coefficient (Wildman–Crippen LogP) is 16.6. The molecule has 0 amide bonds. The summed E-state index contributed by atoms with van der Waals surface area (Å²) in [5.41, 5.74) is 15.0. The van der Waals surface area contributed by atoms with E-state index in [4.69, 9.17) is 16.6 Å². The molecule has 0 aliphatic carbocycles. The van der Waals surface area contributed by atoms with Crippen LogP contribution in [0.15, 0.2) is 173 Å². The van der Waals surface area contributed by atoms with Crippen LogP contribution < -0.4 is 0 Å². The van der Waals surface area contributed by atoms with Crippen molar-refractivity contribution in [1.29, 1.82) is 0 Å². The second kappa shape index (κ2) is 18.8. The molecule has 0 fully saturated rings. The Kier molecular flexibility index (Phi) is 12.2. The molecule has 321 valence electrons. The zero-order valence-corrected chi connectivity index (χ0v) is 39.7. The molecule has 0 aliphatic heterocycles. The van der Waals surface area contributed by atoms with E-state index < -0.39 is 11.8 Å². The number of hydrogen-bond donors (Lipinski definition) is 0. The van der Waals surface area contributed by atoms with Gasteiger partial charge in [0.15, 0.2) is 0 Å². The Balaban J connectivity index is 0.000000394. The van der Waals surface area contributed by atoms with E-state index in [2.05, 4.69) is 112 Å². The minimum Gasteiger partial charge on any atom is -0.500 e. The predicted molar refractivity (Wildman–Crippen MR) is 262 cm³/mol. The Morgan fingerprint density at radius 3 is 1.98 bits per heavy atom. The van der Waals surface area contributed by atoms with Crippen molar-refractivity contribution in [1.82, 2.24) is 9.97 Å². The van der Waals surface area contributed by atoms with E-state index in [0.717, 1.165) is 66.5 Å². The molecule has 1 radical (unpaired) electrons. The zero-order chi connectivity index (χ0) is 45.5. The van der Waals surface area contributed by atoms with Gasteiger partial charge in [0.05, 0.1) is 11.1 Å². The Morgan fingerprint density at radius 1 is 0.609 bits per heavy atom. The normalized spacial score (nSPS) is 12.3. The van der Waals surface area contributed by atoms with E-state index in [9.17, 15) is 0 Å². The summed E-state index contributed by atoms with van der Waals surface area (Å²) >= 11 is 0. The summed E-state index contributed by atoms with van der Waals surface area (Å²) in [5.74, 6) is 0.935. The van der Waals surface area contributed by atoms with Crippen LogP contribution in [0, 0.1) is 17.5 Å². The number of hydrogen-bond acceptors (Lipinski definition) is 4. The van der Waals surface area contributed by atoms with Gasteiger partial charge in [-0.2, -0.15) is 0 Å². The molecule has 10 aromatic rings. The van der Waals surface area contributed by atoms with Crippen LogP contribution in [0.2, 0.25) is 0 Å². The van der Waals surface area contributed by atoms with Gasteiger partial charge in [0.2, 0.25) is 0 Å². The summed E-state index contributed by atoms with van der Waals surface area (Å²) in [5, 5.41) is 2.04. The topological polar surface area (TPSA) is 52.1 Å². The van der Waals surface area contributed by atoms with Crippen LogP contribution in [-0.4, -0.2) is 9.97 Å². The summed E-state index contributed by atoms with van der Waals surface area (Å²) < 4.78 is 30.9. The SMILES string of the molecule is [2H]C([2H])(c1ccc(-c2cc(C(C)C)c(-c3cccc4nc(-c5[c-]ccc6c5oc5cc(-c7ccccc7)ccc56)oc34)c(C(C)C)c2)cc1)C(C)(C)C.[Ir].[c-]1ccccc1-c1ccccn1. The smallest absolute Gasteiger partial charge is 0.149 e. The van der Waals surface area contributed by atoms with Crippen LogP contribution in [0.5, 0.6) is 0 Å². The quantitative estimate of drug-likeness (QED) is 0.142. The summed E-state index contributed by atoms with van der Waals surface area (Å²) in [6.07, 6.45) is 0.339. The van der Waals surface area contributed by atoms with Crippen molar-refractivity contribution < 1.29 is 31.7 Å². The number of para-hydroxylation sites is 1. The maximum atomic E-state index is 8.77. The van der Waals surface area contributed by atoms with Crippen molar-refractivity contribution in [2.24, 2.45) is 5.41 Å². The van der Waals surface area contributed by atoms with Gasteiger partial charge in [0.1, 0.15) is 17.1 Å². The minimum absolute atomic E-state index is 0. The number of fused-ring (bicyclic) bond motifs is 4. The van der Waals surface area contributed by atoms with Crippen molar-refractivity contribution in [3.63, 3.8) is 0 Å². The number of benzene rings is 7. The molecule has 7 aromatic carbocycles.